The van der Waals surface area contributed by atoms with Crippen molar-refractivity contribution in [2.45, 2.75) is 32.1 Å². The maximum Gasteiger partial charge on any atom is 0.321 e. The average molecular weight is 277 g/mol. The van der Waals surface area contributed by atoms with Gasteiger partial charge in [-0.2, -0.15) is 0 Å². The molecular formula is C15H17ClN2O. The zero-order valence-corrected chi connectivity index (χ0v) is 11.9. The first-order valence-corrected chi connectivity index (χ1v) is 6.91. The molecule has 0 spiro atoms. The van der Waals surface area contributed by atoms with Gasteiger partial charge in [-0.3, -0.25) is 0 Å². The Morgan fingerprint density at radius 1 is 1.21 bits per heavy atom. The molecule has 2 aromatic rings. The summed E-state index contributed by atoms with van der Waals surface area (Å²) in [6.45, 7) is 4.34. The van der Waals surface area contributed by atoms with E-state index in [1.54, 1.807) is 12.4 Å². The van der Waals surface area contributed by atoms with Crippen LogP contribution in [0.2, 0.25) is 0 Å². The third-order valence-corrected chi connectivity index (χ3v) is 3.41. The second-order valence-electron chi connectivity index (χ2n) is 4.46. The fraction of sp³-hybridized carbons (Fsp3) is 0.333. The van der Waals surface area contributed by atoms with Crippen LogP contribution >= 0.6 is 11.6 Å². The fourth-order valence-corrected chi connectivity index (χ4v) is 1.90. The van der Waals surface area contributed by atoms with Gasteiger partial charge in [0.1, 0.15) is 5.75 Å². The number of ether oxygens (including phenoxy) is 1. The van der Waals surface area contributed by atoms with Crippen LogP contribution < -0.4 is 4.74 Å². The lowest BCUT2D eigenvalue weighted by atomic mass is 9.98. The fourth-order valence-electron chi connectivity index (χ4n) is 1.76. The van der Waals surface area contributed by atoms with Gasteiger partial charge in [0.05, 0.1) is 5.88 Å². The van der Waals surface area contributed by atoms with Gasteiger partial charge >= 0.3 is 6.01 Å². The minimum Gasteiger partial charge on any atom is -0.424 e. The van der Waals surface area contributed by atoms with E-state index in [2.05, 4.69) is 29.9 Å². The van der Waals surface area contributed by atoms with E-state index in [1.165, 1.54) is 5.56 Å². The molecule has 0 radical (unpaired) electrons. The Balaban J connectivity index is 2.22. The summed E-state index contributed by atoms with van der Waals surface area (Å²) in [6, 6.07) is 8.35. The predicted octanol–water partition coefficient (Wildman–Crippen LogP) is 4.52. The third kappa shape index (κ3) is 3.44. The van der Waals surface area contributed by atoms with Crippen molar-refractivity contribution in [1.82, 2.24) is 9.97 Å². The van der Waals surface area contributed by atoms with Gasteiger partial charge in [-0.05, 0) is 24.0 Å². The first kappa shape index (κ1) is 13.8. The molecule has 0 aliphatic heterocycles. The van der Waals surface area contributed by atoms with Crippen LogP contribution in [-0.2, 0) is 5.88 Å². The Bertz CT molecular complexity index is 528. The van der Waals surface area contributed by atoms with Crippen molar-refractivity contribution in [1.29, 1.82) is 0 Å². The van der Waals surface area contributed by atoms with Gasteiger partial charge in [-0.15, -0.1) is 11.6 Å². The van der Waals surface area contributed by atoms with Crippen molar-refractivity contribution in [3.8, 4) is 11.8 Å². The normalized spacial score (nSPS) is 12.2. The number of hydrogen-bond donors (Lipinski definition) is 0. The summed E-state index contributed by atoms with van der Waals surface area (Å²) in [5.41, 5.74) is 2.05. The number of para-hydroxylation sites is 1. The summed E-state index contributed by atoms with van der Waals surface area (Å²) < 4.78 is 5.77. The van der Waals surface area contributed by atoms with Crippen LogP contribution in [0.3, 0.4) is 0 Å². The average Bonchev–Trinajstić information content (AvgIpc) is 2.48. The molecule has 2 rings (SSSR count). The van der Waals surface area contributed by atoms with E-state index in [-0.39, 0.29) is 0 Å². The standard InChI is InChI=1S/C15H17ClN2O/c1-3-11(2)13-6-4-5-7-14(13)19-15-17-9-12(8-16)10-18-15/h4-7,9-11H,3,8H2,1-2H3. The van der Waals surface area contributed by atoms with Gasteiger partial charge in [0.15, 0.2) is 0 Å². The minimum absolute atomic E-state index is 0.351. The molecule has 0 amide bonds. The summed E-state index contributed by atoms with van der Waals surface area (Å²) in [6.07, 6.45) is 4.43. The van der Waals surface area contributed by atoms with Crippen molar-refractivity contribution >= 4 is 11.6 Å². The van der Waals surface area contributed by atoms with Crippen molar-refractivity contribution in [2.24, 2.45) is 0 Å². The molecule has 0 bridgehead atoms. The Labute approximate surface area is 118 Å². The summed E-state index contributed by atoms with van der Waals surface area (Å²) in [4.78, 5) is 8.31. The lowest BCUT2D eigenvalue weighted by Crippen LogP contribution is -1.98. The van der Waals surface area contributed by atoms with Gasteiger partial charge < -0.3 is 4.74 Å². The van der Waals surface area contributed by atoms with E-state index < -0.39 is 0 Å². The maximum absolute atomic E-state index is 5.77. The molecule has 0 aliphatic rings. The number of hydrogen-bond acceptors (Lipinski definition) is 3. The lowest BCUT2D eigenvalue weighted by Gasteiger charge is -2.14. The zero-order valence-electron chi connectivity index (χ0n) is 11.1. The molecule has 0 saturated carbocycles. The molecule has 0 N–H and O–H groups in total. The van der Waals surface area contributed by atoms with Crippen LogP contribution in [0.4, 0.5) is 0 Å². The molecule has 0 fully saturated rings. The Morgan fingerprint density at radius 3 is 2.53 bits per heavy atom. The summed E-state index contributed by atoms with van der Waals surface area (Å²) in [5, 5.41) is 0. The number of alkyl halides is 1. The van der Waals surface area contributed by atoms with Gasteiger partial charge in [0.2, 0.25) is 0 Å². The summed E-state index contributed by atoms with van der Waals surface area (Å²) >= 11 is 5.70. The van der Waals surface area contributed by atoms with E-state index in [0.29, 0.717) is 17.8 Å². The highest BCUT2D eigenvalue weighted by Crippen LogP contribution is 2.30. The van der Waals surface area contributed by atoms with Crippen LogP contribution in [0.5, 0.6) is 11.8 Å². The quantitative estimate of drug-likeness (QED) is 0.753. The van der Waals surface area contributed by atoms with E-state index >= 15 is 0 Å². The van der Waals surface area contributed by atoms with Crippen molar-refractivity contribution < 1.29 is 4.74 Å². The van der Waals surface area contributed by atoms with Gasteiger partial charge in [-0.25, -0.2) is 9.97 Å². The SMILES string of the molecule is CCC(C)c1ccccc1Oc1ncc(CCl)cn1. The van der Waals surface area contributed by atoms with E-state index in [4.69, 9.17) is 16.3 Å². The van der Waals surface area contributed by atoms with Crippen LogP contribution in [-0.4, -0.2) is 9.97 Å². The molecule has 4 heteroatoms. The van der Waals surface area contributed by atoms with Crippen LogP contribution in [0, 0.1) is 0 Å². The van der Waals surface area contributed by atoms with Crippen molar-refractivity contribution in [3.63, 3.8) is 0 Å². The smallest absolute Gasteiger partial charge is 0.321 e. The van der Waals surface area contributed by atoms with E-state index in [0.717, 1.165) is 17.7 Å². The summed E-state index contributed by atoms with van der Waals surface area (Å²) in [7, 11) is 0. The van der Waals surface area contributed by atoms with Crippen molar-refractivity contribution in [3.05, 3.63) is 47.8 Å². The topological polar surface area (TPSA) is 35.0 Å². The monoisotopic (exact) mass is 276 g/mol. The highest BCUT2D eigenvalue weighted by molar-refractivity contribution is 6.17. The largest absolute Gasteiger partial charge is 0.424 e. The van der Waals surface area contributed by atoms with Gasteiger partial charge in [0, 0.05) is 18.0 Å². The molecule has 19 heavy (non-hydrogen) atoms. The number of benzene rings is 1. The molecule has 1 unspecified atom stereocenters. The van der Waals surface area contributed by atoms with Crippen LogP contribution in [0.1, 0.15) is 37.3 Å². The Hall–Kier alpha value is -1.61. The zero-order chi connectivity index (χ0) is 13.7. The molecule has 100 valence electrons. The Morgan fingerprint density at radius 2 is 1.89 bits per heavy atom. The second-order valence-corrected chi connectivity index (χ2v) is 4.72. The molecule has 1 heterocycles. The lowest BCUT2D eigenvalue weighted by molar-refractivity contribution is 0.432. The second kappa shape index (κ2) is 6.53. The highest BCUT2D eigenvalue weighted by atomic mass is 35.5. The molecule has 1 aromatic carbocycles. The molecule has 3 nitrogen and oxygen atoms in total. The molecule has 1 atom stereocenters. The number of nitrogens with zero attached hydrogens (tertiary/aromatic N) is 2. The molecule has 1 aromatic heterocycles. The molecular weight excluding hydrogens is 260 g/mol. The maximum atomic E-state index is 5.77. The van der Waals surface area contributed by atoms with Crippen LogP contribution in [0.25, 0.3) is 0 Å². The number of rotatable bonds is 5. The first-order valence-electron chi connectivity index (χ1n) is 6.38. The Kier molecular flexibility index (Phi) is 4.74. The third-order valence-electron chi connectivity index (χ3n) is 3.10. The van der Waals surface area contributed by atoms with Crippen molar-refractivity contribution in [2.75, 3.05) is 0 Å². The highest BCUT2D eigenvalue weighted by Gasteiger charge is 2.11. The van der Waals surface area contributed by atoms with Gasteiger partial charge in [0.25, 0.3) is 0 Å². The predicted molar refractivity (Wildman–Crippen MR) is 76.8 cm³/mol. The molecule has 0 saturated heterocycles. The van der Waals surface area contributed by atoms with E-state index in [9.17, 15) is 0 Å². The van der Waals surface area contributed by atoms with E-state index in [1.807, 2.05) is 18.2 Å². The summed E-state index contributed by atoms with van der Waals surface area (Å²) in [5.74, 6) is 1.66. The molecule has 0 aliphatic carbocycles. The van der Waals surface area contributed by atoms with Gasteiger partial charge in [-0.1, -0.05) is 32.0 Å². The van der Waals surface area contributed by atoms with Crippen LogP contribution in [0.15, 0.2) is 36.7 Å². The minimum atomic E-state index is 0.351. The number of aromatic nitrogens is 2. The number of halogens is 1. The first-order chi connectivity index (χ1) is 9.24.